The highest BCUT2D eigenvalue weighted by Gasteiger charge is 2.40. The number of fused-ring (bicyclic) bond motifs is 1. The molecule has 0 spiro atoms. The zero-order valence-electron chi connectivity index (χ0n) is 20.5. The van der Waals surface area contributed by atoms with E-state index in [1.807, 2.05) is 53.4 Å². The third-order valence-corrected chi connectivity index (χ3v) is 6.83. The number of nitrogens with zero attached hydrogens (tertiary/aromatic N) is 2. The fraction of sp³-hybridized carbons (Fsp3) is 0.267. The van der Waals surface area contributed by atoms with Crippen molar-refractivity contribution in [2.24, 2.45) is 11.8 Å². The van der Waals surface area contributed by atoms with Crippen molar-refractivity contribution < 1.29 is 14.3 Å². The minimum atomic E-state index is -0.475. The molecule has 2 N–H and O–H groups in total. The quantitative estimate of drug-likeness (QED) is 0.544. The maximum absolute atomic E-state index is 12.9. The molecule has 0 radical (unpaired) electrons. The topological polar surface area (TPSA) is 86.0 Å². The van der Waals surface area contributed by atoms with Gasteiger partial charge < -0.3 is 24.6 Å². The van der Waals surface area contributed by atoms with Crippen molar-refractivity contribution in [2.75, 3.05) is 38.5 Å². The van der Waals surface area contributed by atoms with Gasteiger partial charge in [0, 0.05) is 54.6 Å². The van der Waals surface area contributed by atoms with Crippen LogP contribution in [0.3, 0.4) is 0 Å². The van der Waals surface area contributed by atoms with Crippen LogP contribution in [0.2, 0.25) is 0 Å². The summed E-state index contributed by atoms with van der Waals surface area (Å²) < 4.78 is 5.17. The molecular weight excluding hydrogens is 466 g/mol. The molecule has 0 aliphatic carbocycles. The van der Waals surface area contributed by atoms with Crippen LogP contribution in [-0.4, -0.2) is 54.0 Å². The highest BCUT2D eigenvalue weighted by molar-refractivity contribution is 5.94. The van der Waals surface area contributed by atoms with Crippen LogP contribution in [0.1, 0.15) is 27.2 Å². The van der Waals surface area contributed by atoms with E-state index in [1.54, 1.807) is 0 Å². The monoisotopic (exact) mass is 493 g/mol. The van der Waals surface area contributed by atoms with Crippen molar-refractivity contribution in [1.29, 1.82) is 0 Å². The lowest BCUT2D eigenvalue weighted by molar-refractivity contribution is 0.0776. The minimum absolute atomic E-state index is 0.0967. The van der Waals surface area contributed by atoms with Crippen LogP contribution in [0.15, 0.2) is 70.1 Å². The second-order valence-corrected chi connectivity index (χ2v) is 9.52. The number of aromatic hydroxyl groups is 1. The van der Waals surface area contributed by atoms with Crippen LogP contribution in [0.4, 0.5) is 5.69 Å². The number of hydrogen-bond donors (Lipinski definition) is 2. The molecule has 2 saturated heterocycles. The Balaban J connectivity index is 1.13. The van der Waals surface area contributed by atoms with E-state index in [0.29, 0.717) is 17.4 Å². The summed E-state index contributed by atoms with van der Waals surface area (Å²) in [5.74, 6) is 12.8. The summed E-state index contributed by atoms with van der Waals surface area (Å²) >= 11 is 0. The van der Waals surface area contributed by atoms with Gasteiger partial charge >= 0.3 is 0 Å². The zero-order chi connectivity index (χ0) is 25.8. The van der Waals surface area contributed by atoms with E-state index in [9.17, 15) is 14.7 Å². The average Bonchev–Trinajstić information content (AvgIpc) is 3.46. The molecule has 0 saturated carbocycles. The largest absolute Gasteiger partial charge is 0.502 e. The molecule has 7 nitrogen and oxygen atoms in total. The lowest BCUT2D eigenvalue weighted by Gasteiger charge is -2.19. The summed E-state index contributed by atoms with van der Waals surface area (Å²) in [6, 6.07) is 16.0. The number of carbonyl (C=O) groups excluding carboxylic acids is 1. The Morgan fingerprint density at radius 3 is 2.16 bits per heavy atom. The Labute approximate surface area is 215 Å². The number of nitrogens with one attached hydrogen (secondary N) is 1. The summed E-state index contributed by atoms with van der Waals surface area (Å²) in [6.07, 6.45) is 1.25. The van der Waals surface area contributed by atoms with E-state index in [4.69, 9.17) is 4.42 Å². The molecule has 2 fully saturated rings. The summed E-state index contributed by atoms with van der Waals surface area (Å²) in [5, 5.41) is 12.8. The first-order valence-electron chi connectivity index (χ1n) is 12.2. The van der Waals surface area contributed by atoms with Crippen LogP contribution in [0, 0.1) is 35.5 Å². The van der Waals surface area contributed by atoms with Crippen molar-refractivity contribution in [2.45, 2.75) is 6.54 Å². The Hall–Kier alpha value is -4.46. The first-order chi connectivity index (χ1) is 18.0. The molecule has 3 aromatic rings. The lowest BCUT2D eigenvalue weighted by Crippen LogP contribution is -2.32. The Morgan fingerprint density at radius 1 is 0.946 bits per heavy atom. The third kappa shape index (κ3) is 5.69. The maximum Gasteiger partial charge on any atom is 0.253 e. The smallest absolute Gasteiger partial charge is 0.253 e. The maximum atomic E-state index is 12.9. The standard InChI is InChI=1S/C30H27N3O4/c1-32-17-24-19-33(20-25(24)18-32)30(36)23-10-6-21(7-11-23)4-2-3-5-22-8-12-26(13-9-22)31-16-28-29(35)27(34)14-15-37-28/h6-15,24-25,31,35H,16-20H2,1H3/t24-,25?/m0/s1. The van der Waals surface area contributed by atoms with Gasteiger partial charge in [-0.1, -0.05) is 11.8 Å². The first kappa shape index (κ1) is 24.2. The molecule has 0 bridgehead atoms. The normalized spacial score (nSPS) is 18.4. The van der Waals surface area contributed by atoms with Gasteiger partial charge in [-0.3, -0.25) is 9.59 Å². The van der Waals surface area contributed by atoms with Gasteiger partial charge in [0.25, 0.3) is 5.91 Å². The molecule has 2 aliphatic heterocycles. The summed E-state index contributed by atoms with van der Waals surface area (Å²) in [7, 11) is 2.15. The Kier molecular flexibility index (Phi) is 6.98. The van der Waals surface area contributed by atoms with Gasteiger partial charge in [-0.05, 0) is 79.3 Å². The van der Waals surface area contributed by atoms with Crippen LogP contribution in [-0.2, 0) is 6.54 Å². The fourth-order valence-corrected chi connectivity index (χ4v) is 4.91. The Bertz CT molecular complexity index is 1460. The van der Waals surface area contributed by atoms with Gasteiger partial charge in [0.05, 0.1) is 12.8 Å². The summed E-state index contributed by atoms with van der Waals surface area (Å²) in [6.45, 7) is 4.02. The van der Waals surface area contributed by atoms with Crippen molar-refractivity contribution in [1.82, 2.24) is 9.80 Å². The molecule has 1 aromatic heterocycles. The molecule has 3 heterocycles. The van der Waals surface area contributed by atoms with Gasteiger partial charge in [0.15, 0.2) is 5.76 Å². The number of rotatable bonds is 4. The summed E-state index contributed by atoms with van der Waals surface area (Å²) in [5.41, 5.74) is 2.62. The van der Waals surface area contributed by atoms with Gasteiger partial charge in [0.2, 0.25) is 11.2 Å². The molecule has 1 unspecified atom stereocenters. The van der Waals surface area contributed by atoms with Crippen molar-refractivity contribution in [3.63, 3.8) is 0 Å². The van der Waals surface area contributed by atoms with E-state index < -0.39 is 5.43 Å². The van der Waals surface area contributed by atoms with Crippen molar-refractivity contribution in [3.8, 4) is 29.4 Å². The first-order valence-corrected chi connectivity index (χ1v) is 12.2. The van der Waals surface area contributed by atoms with E-state index in [0.717, 1.165) is 43.0 Å². The van der Waals surface area contributed by atoms with Crippen molar-refractivity contribution in [3.05, 3.63) is 93.5 Å². The zero-order valence-corrected chi connectivity index (χ0v) is 20.5. The highest BCUT2D eigenvalue weighted by Crippen LogP contribution is 2.31. The lowest BCUT2D eigenvalue weighted by atomic mass is 10.0. The number of amides is 1. The molecule has 2 aliphatic rings. The van der Waals surface area contributed by atoms with Crippen LogP contribution < -0.4 is 10.7 Å². The second kappa shape index (κ2) is 10.7. The molecular formula is C30H27N3O4. The number of anilines is 1. The second-order valence-electron chi connectivity index (χ2n) is 9.52. The van der Waals surface area contributed by atoms with Gasteiger partial charge in [-0.25, -0.2) is 0 Å². The predicted octanol–water partition coefficient (Wildman–Crippen LogP) is 2.99. The Morgan fingerprint density at radius 2 is 1.54 bits per heavy atom. The number of carbonyl (C=O) groups is 1. The van der Waals surface area contributed by atoms with Gasteiger partial charge in [-0.15, -0.1) is 0 Å². The van der Waals surface area contributed by atoms with Gasteiger partial charge in [0.1, 0.15) is 0 Å². The molecule has 37 heavy (non-hydrogen) atoms. The van der Waals surface area contributed by atoms with E-state index in [1.165, 1.54) is 12.3 Å². The predicted molar refractivity (Wildman–Crippen MR) is 141 cm³/mol. The fourth-order valence-electron chi connectivity index (χ4n) is 4.91. The van der Waals surface area contributed by atoms with E-state index in [-0.39, 0.29) is 24.0 Å². The third-order valence-electron chi connectivity index (χ3n) is 6.83. The molecule has 186 valence electrons. The molecule has 2 aromatic carbocycles. The average molecular weight is 494 g/mol. The summed E-state index contributed by atoms with van der Waals surface area (Å²) in [4.78, 5) is 28.7. The number of hydrogen-bond acceptors (Lipinski definition) is 6. The van der Waals surface area contributed by atoms with Crippen LogP contribution in [0.5, 0.6) is 5.75 Å². The minimum Gasteiger partial charge on any atom is -0.502 e. The molecule has 5 rings (SSSR count). The molecule has 7 heteroatoms. The number of likely N-dealkylation sites (tertiary alicyclic amines) is 2. The molecule has 1 amide bonds. The van der Waals surface area contributed by atoms with E-state index in [2.05, 4.69) is 40.9 Å². The van der Waals surface area contributed by atoms with Crippen LogP contribution in [0.25, 0.3) is 0 Å². The highest BCUT2D eigenvalue weighted by atomic mass is 16.4. The molecule has 2 atom stereocenters. The number of benzene rings is 2. The van der Waals surface area contributed by atoms with Crippen molar-refractivity contribution >= 4 is 11.6 Å². The SMILES string of the molecule is CN1CC2CN(C(=O)c3ccc(C#CC#Cc4ccc(NCc5occc(=O)c5O)cc4)cc3)C[C@@H]2C1. The van der Waals surface area contributed by atoms with E-state index >= 15 is 0 Å². The van der Waals surface area contributed by atoms with Crippen LogP contribution >= 0.6 is 0 Å². The van der Waals surface area contributed by atoms with Gasteiger partial charge in [-0.2, -0.15) is 0 Å².